The van der Waals surface area contributed by atoms with Gasteiger partial charge >= 0.3 is 0 Å². The number of hydrogen-bond acceptors (Lipinski definition) is 0. The van der Waals surface area contributed by atoms with Crippen LogP contribution in [0.25, 0.3) is 0 Å². The summed E-state index contributed by atoms with van der Waals surface area (Å²) in [6.45, 7) is 19.2. The summed E-state index contributed by atoms with van der Waals surface area (Å²) in [6.07, 6.45) is 3.66. The predicted molar refractivity (Wildman–Crippen MR) is 117 cm³/mol. The summed E-state index contributed by atoms with van der Waals surface area (Å²) >= 11 is 0. The quantitative estimate of drug-likeness (QED) is 0.527. The van der Waals surface area contributed by atoms with E-state index in [0.717, 1.165) is 0 Å². The van der Waals surface area contributed by atoms with Crippen LogP contribution in [0.5, 0.6) is 0 Å². The SMILES string of the molecule is CCC1(C)CC2(c3cc(C)ccc31)c1cc(C)c(C)cc1C(C)(CC)C2C. The van der Waals surface area contributed by atoms with Gasteiger partial charge in [0.05, 0.1) is 0 Å². The van der Waals surface area contributed by atoms with E-state index in [1.807, 2.05) is 0 Å². The first-order chi connectivity index (χ1) is 12.6. The minimum Gasteiger partial charge on any atom is -0.0645 e. The number of rotatable bonds is 2. The molecule has 0 aliphatic heterocycles. The van der Waals surface area contributed by atoms with Crippen molar-refractivity contribution >= 4 is 0 Å². The molecule has 27 heavy (non-hydrogen) atoms. The van der Waals surface area contributed by atoms with Crippen LogP contribution in [0.2, 0.25) is 0 Å². The Morgan fingerprint density at radius 1 is 0.815 bits per heavy atom. The van der Waals surface area contributed by atoms with Crippen LogP contribution in [0.3, 0.4) is 0 Å². The number of fused-ring (bicyclic) bond motifs is 4. The fourth-order valence-corrected chi connectivity index (χ4v) is 6.47. The lowest BCUT2D eigenvalue weighted by Crippen LogP contribution is -2.38. The molecule has 1 spiro atoms. The fourth-order valence-electron chi connectivity index (χ4n) is 6.47. The van der Waals surface area contributed by atoms with Crippen LogP contribution in [-0.4, -0.2) is 0 Å². The molecular weight excluding hydrogens is 324 g/mol. The molecule has 2 aromatic carbocycles. The molecule has 2 aliphatic rings. The maximum atomic E-state index is 2.55. The molecular formula is C27H36. The molecule has 2 aromatic rings. The van der Waals surface area contributed by atoms with Crippen molar-refractivity contribution in [3.8, 4) is 0 Å². The summed E-state index contributed by atoms with van der Waals surface area (Å²) in [6, 6.07) is 12.4. The van der Waals surface area contributed by atoms with Crippen molar-refractivity contribution < 1.29 is 0 Å². The Morgan fingerprint density at radius 2 is 1.41 bits per heavy atom. The number of hydrogen-bond donors (Lipinski definition) is 0. The van der Waals surface area contributed by atoms with E-state index in [2.05, 4.69) is 85.7 Å². The zero-order valence-electron chi connectivity index (χ0n) is 18.6. The third-order valence-electron chi connectivity index (χ3n) is 8.91. The molecule has 0 N–H and O–H groups in total. The summed E-state index contributed by atoms with van der Waals surface area (Å²) in [5.41, 5.74) is 11.4. The molecule has 0 saturated carbocycles. The largest absolute Gasteiger partial charge is 0.0645 e. The molecule has 2 aliphatic carbocycles. The average molecular weight is 361 g/mol. The molecule has 4 rings (SSSR count). The highest BCUT2D eigenvalue weighted by atomic mass is 14.6. The van der Waals surface area contributed by atoms with Crippen molar-refractivity contribution in [2.75, 3.05) is 0 Å². The lowest BCUT2D eigenvalue weighted by atomic mass is 9.63. The second-order valence-electron chi connectivity index (χ2n) is 10.1. The van der Waals surface area contributed by atoms with E-state index >= 15 is 0 Å². The zero-order valence-corrected chi connectivity index (χ0v) is 18.6. The Morgan fingerprint density at radius 3 is 2.00 bits per heavy atom. The van der Waals surface area contributed by atoms with Crippen molar-refractivity contribution in [1.82, 2.24) is 0 Å². The van der Waals surface area contributed by atoms with E-state index in [-0.39, 0.29) is 16.2 Å². The topological polar surface area (TPSA) is 0 Å². The highest BCUT2D eigenvalue weighted by Crippen LogP contribution is 2.67. The van der Waals surface area contributed by atoms with Crippen molar-refractivity contribution in [1.29, 1.82) is 0 Å². The van der Waals surface area contributed by atoms with E-state index in [1.165, 1.54) is 36.0 Å². The highest BCUT2D eigenvalue weighted by Gasteiger charge is 2.61. The van der Waals surface area contributed by atoms with E-state index in [0.29, 0.717) is 5.92 Å². The standard InChI is InChI=1S/C27H36/c1-9-25(7)16-27(23-13-17(3)11-12-21(23)25)20(6)26(8,10-2)22-14-18(4)19(5)15-24(22)27/h11-15,20H,9-10,16H2,1-8H3. The Balaban J connectivity index is 2.11. The van der Waals surface area contributed by atoms with Crippen LogP contribution in [-0.2, 0) is 16.2 Å². The first-order valence-electron chi connectivity index (χ1n) is 10.9. The van der Waals surface area contributed by atoms with Gasteiger partial charge in [0.2, 0.25) is 0 Å². The van der Waals surface area contributed by atoms with Gasteiger partial charge in [0, 0.05) is 5.41 Å². The van der Waals surface area contributed by atoms with Gasteiger partial charge in [-0.1, -0.05) is 70.5 Å². The van der Waals surface area contributed by atoms with Gasteiger partial charge in [-0.15, -0.1) is 0 Å². The van der Waals surface area contributed by atoms with Gasteiger partial charge in [-0.2, -0.15) is 0 Å². The lowest BCUT2D eigenvalue weighted by molar-refractivity contribution is 0.216. The van der Waals surface area contributed by atoms with Gasteiger partial charge in [-0.3, -0.25) is 0 Å². The molecule has 144 valence electrons. The van der Waals surface area contributed by atoms with E-state index in [9.17, 15) is 0 Å². The first-order valence-corrected chi connectivity index (χ1v) is 10.9. The van der Waals surface area contributed by atoms with Crippen LogP contribution < -0.4 is 0 Å². The molecule has 0 saturated heterocycles. The summed E-state index contributed by atoms with van der Waals surface area (Å²) in [4.78, 5) is 0. The van der Waals surface area contributed by atoms with Gasteiger partial charge in [-0.25, -0.2) is 0 Å². The molecule has 0 bridgehead atoms. The summed E-state index contributed by atoms with van der Waals surface area (Å²) in [5, 5.41) is 0. The Hall–Kier alpha value is -1.56. The first kappa shape index (κ1) is 18.8. The van der Waals surface area contributed by atoms with Crippen molar-refractivity contribution in [3.05, 3.63) is 69.3 Å². The zero-order chi connectivity index (χ0) is 19.8. The number of benzene rings is 2. The van der Waals surface area contributed by atoms with E-state index in [4.69, 9.17) is 0 Å². The molecule has 0 amide bonds. The van der Waals surface area contributed by atoms with E-state index in [1.54, 1.807) is 22.3 Å². The Bertz CT molecular complexity index is 920. The predicted octanol–water partition coefficient (Wildman–Crippen LogP) is 7.29. The van der Waals surface area contributed by atoms with Gasteiger partial charge in [-0.05, 0) is 90.2 Å². The third kappa shape index (κ3) is 2.16. The smallest absolute Gasteiger partial charge is 0.0251 e. The van der Waals surface area contributed by atoms with Crippen LogP contribution in [0.4, 0.5) is 0 Å². The van der Waals surface area contributed by atoms with Crippen molar-refractivity contribution in [2.45, 2.75) is 90.9 Å². The molecule has 0 aromatic heterocycles. The van der Waals surface area contributed by atoms with E-state index < -0.39 is 0 Å². The molecule has 0 radical (unpaired) electrons. The van der Waals surface area contributed by atoms with Gasteiger partial charge in [0.1, 0.15) is 0 Å². The Kier molecular flexibility index (Phi) is 3.98. The summed E-state index contributed by atoms with van der Waals surface area (Å²) < 4.78 is 0. The normalized spacial score (nSPS) is 34.1. The average Bonchev–Trinajstić information content (AvgIpc) is 3.00. The summed E-state index contributed by atoms with van der Waals surface area (Å²) in [5.74, 6) is 0.611. The fraction of sp³-hybridized carbons (Fsp3) is 0.556. The maximum Gasteiger partial charge on any atom is 0.0251 e. The summed E-state index contributed by atoms with van der Waals surface area (Å²) in [7, 11) is 0. The van der Waals surface area contributed by atoms with Gasteiger partial charge in [0.25, 0.3) is 0 Å². The second-order valence-corrected chi connectivity index (χ2v) is 10.1. The monoisotopic (exact) mass is 360 g/mol. The van der Waals surface area contributed by atoms with Crippen LogP contribution in [0, 0.1) is 26.7 Å². The Labute approximate surface area is 166 Å². The molecule has 4 unspecified atom stereocenters. The van der Waals surface area contributed by atoms with Crippen LogP contribution in [0.1, 0.15) is 92.8 Å². The second kappa shape index (κ2) is 5.72. The number of aryl methyl sites for hydroxylation is 3. The lowest BCUT2D eigenvalue weighted by Gasteiger charge is -2.39. The van der Waals surface area contributed by atoms with Gasteiger partial charge in [0.15, 0.2) is 0 Å². The minimum atomic E-state index is 0.157. The van der Waals surface area contributed by atoms with Gasteiger partial charge < -0.3 is 0 Å². The third-order valence-corrected chi connectivity index (χ3v) is 8.91. The van der Waals surface area contributed by atoms with Crippen molar-refractivity contribution in [2.24, 2.45) is 5.92 Å². The van der Waals surface area contributed by atoms with Crippen LogP contribution in [0.15, 0.2) is 30.3 Å². The van der Waals surface area contributed by atoms with Crippen LogP contribution >= 0.6 is 0 Å². The van der Waals surface area contributed by atoms with Crippen molar-refractivity contribution in [3.63, 3.8) is 0 Å². The molecule has 0 heterocycles. The highest BCUT2D eigenvalue weighted by molar-refractivity contribution is 5.62. The minimum absolute atomic E-state index is 0.157. The molecule has 4 atom stereocenters. The molecule has 0 heteroatoms. The maximum absolute atomic E-state index is 2.55. The molecule has 0 fully saturated rings. The molecule has 0 nitrogen and oxygen atoms in total.